The molecule has 0 radical (unpaired) electrons. The van der Waals surface area contributed by atoms with E-state index < -0.39 is 5.69 Å². The Hall–Kier alpha value is -2.40. The number of nitrogens with two attached hydrogens (primary N) is 1. The number of benzene rings is 1. The Kier molecular flexibility index (Phi) is 2.68. The lowest BCUT2D eigenvalue weighted by Crippen LogP contribution is -2.22. The van der Waals surface area contributed by atoms with E-state index in [1.807, 2.05) is 30.3 Å². The summed E-state index contributed by atoms with van der Waals surface area (Å²) in [6.45, 7) is 0. The fourth-order valence-electron chi connectivity index (χ4n) is 1.82. The van der Waals surface area contributed by atoms with Crippen molar-refractivity contribution in [2.45, 2.75) is 0 Å². The van der Waals surface area contributed by atoms with Crippen LogP contribution in [0.1, 0.15) is 0 Å². The van der Waals surface area contributed by atoms with E-state index >= 15 is 0 Å². The predicted molar refractivity (Wildman–Crippen MR) is 74.6 cm³/mol. The van der Waals surface area contributed by atoms with Gasteiger partial charge in [-0.1, -0.05) is 29.8 Å². The zero-order valence-corrected chi connectivity index (χ0v) is 10.5. The third-order valence-corrected chi connectivity index (χ3v) is 3.05. The van der Waals surface area contributed by atoms with Gasteiger partial charge in [-0.15, -0.1) is 0 Å². The number of hydrogen-bond donors (Lipinski definition) is 1. The summed E-state index contributed by atoms with van der Waals surface area (Å²) in [7, 11) is 0. The number of fused-ring (bicyclic) bond motifs is 1. The minimum atomic E-state index is -0.487. The van der Waals surface area contributed by atoms with E-state index in [1.54, 1.807) is 6.20 Å². The number of halogens is 1. The number of para-hydroxylation sites is 1. The van der Waals surface area contributed by atoms with Crippen molar-refractivity contribution in [3.63, 3.8) is 0 Å². The van der Waals surface area contributed by atoms with Crippen LogP contribution in [-0.2, 0) is 0 Å². The number of anilines is 1. The molecule has 2 N–H and O–H groups in total. The van der Waals surface area contributed by atoms with Gasteiger partial charge in [-0.05, 0) is 12.1 Å². The molecular formula is C13H9ClN4O. The zero-order valence-electron chi connectivity index (χ0n) is 9.75. The van der Waals surface area contributed by atoms with Crippen LogP contribution in [0.2, 0.25) is 5.02 Å². The molecule has 19 heavy (non-hydrogen) atoms. The number of pyridine rings is 1. The third kappa shape index (κ3) is 2.04. The van der Waals surface area contributed by atoms with Crippen LogP contribution in [0, 0.1) is 0 Å². The largest absolute Gasteiger partial charge is 0.382 e. The van der Waals surface area contributed by atoms with E-state index in [4.69, 9.17) is 17.3 Å². The van der Waals surface area contributed by atoms with E-state index in [1.165, 1.54) is 10.8 Å². The minimum absolute atomic E-state index is 0.0247. The van der Waals surface area contributed by atoms with Crippen molar-refractivity contribution in [2.24, 2.45) is 0 Å². The van der Waals surface area contributed by atoms with Gasteiger partial charge in [0.1, 0.15) is 5.82 Å². The summed E-state index contributed by atoms with van der Waals surface area (Å²) in [6, 6.07) is 9.48. The van der Waals surface area contributed by atoms with Gasteiger partial charge in [-0.25, -0.2) is 4.79 Å². The van der Waals surface area contributed by atoms with Crippen LogP contribution in [0.4, 0.5) is 5.82 Å². The van der Waals surface area contributed by atoms with Gasteiger partial charge in [0.25, 0.3) is 0 Å². The lowest BCUT2D eigenvalue weighted by atomic mass is 10.2. The molecule has 0 saturated heterocycles. The number of aromatic nitrogens is 3. The summed E-state index contributed by atoms with van der Waals surface area (Å²) in [5.41, 5.74) is 6.45. The summed E-state index contributed by atoms with van der Waals surface area (Å²) in [6.07, 6.45) is 3.04. The lowest BCUT2D eigenvalue weighted by Gasteiger charge is -2.07. The summed E-state index contributed by atoms with van der Waals surface area (Å²) in [4.78, 5) is 19.8. The smallest absolute Gasteiger partial charge is 0.354 e. The monoisotopic (exact) mass is 272 g/mol. The molecular weight excluding hydrogens is 264 g/mol. The molecule has 3 rings (SSSR count). The van der Waals surface area contributed by atoms with Crippen LogP contribution in [0.5, 0.6) is 0 Å². The summed E-state index contributed by atoms with van der Waals surface area (Å²) in [5, 5.41) is 1.16. The number of nitrogen functional groups attached to an aromatic ring is 1. The van der Waals surface area contributed by atoms with E-state index in [0.29, 0.717) is 5.69 Å². The SMILES string of the molecule is Nc1nc(=O)n(-c2cnc3ccccc3c2)cc1Cl. The number of hydrogen-bond acceptors (Lipinski definition) is 4. The molecule has 3 aromatic rings. The van der Waals surface area contributed by atoms with Gasteiger partial charge in [-0.2, -0.15) is 4.98 Å². The summed E-state index contributed by atoms with van der Waals surface area (Å²) < 4.78 is 1.32. The Morgan fingerprint density at radius 3 is 2.89 bits per heavy atom. The second-order valence-corrected chi connectivity index (χ2v) is 4.42. The molecule has 0 aliphatic rings. The molecule has 6 heteroatoms. The second kappa shape index (κ2) is 4.37. The molecule has 0 aliphatic carbocycles. The van der Waals surface area contributed by atoms with E-state index in [0.717, 1.165) is 10.9 Å². The molecule has 5 nitrogen and oxygen atoms in total. The van der Waals surface area contributed by atoms with Crippen molar-refractivity contribution in [1.82, 2.24) is 14.5 Å². The Morgan fingerprint density at radius 1 is 1.26 bits per heavy atom. The van der Waals surface area contributed by atoms with Crippen LogP contribution in [-0.4, -0.2) is 14.5 Å². The highest BCUT2D eigenvalue weighted by Crippen LogP contribution is 2.17. The van der Waals surface area contributed by atoms with Crippen molar-refractivity contribution in [3.8, 4) is 5.69 Å². The highest BCUT2D eigenvalue weighted by molar-refractivity contribution is 6.32. The van der Waals surface area contributed by atoms with Crippen molar-refractivity contribution < 1.29 is 0 Å². The predicted octanol–water partition coefficient (Wildman–Crippen LogP) is 2.02. The first-order chi connectivity index (χ1) is 9.15. The third-order valence-electron chi connectivity index (χ3n) is 2.76. The van der Waals surface area contributed by atoms with Gasteiger partial charge in [0.2, 0.25) is 0 Å². The summed E-state index contributed by atoms with van der Waals surface area (Å²) >= 11 is 5.89. The van der Waals surface area contributed by atoms with Crippen molar-refractivity contribution in [1.29, 1.82) is 0 Å². The molecule has 2 heterocycles. The molecule has 0 amide bonds. The van der Waals surface area contributed by atoms with Crippen LogP contribution < -0.4 is 11.4 Å². The Balaban J connectivity index is 2.24. The molecule has 0 unspecified atom stereocenters. The highest BCUT2D eigenvalue weighted by Gasteiger charge is 2.06. The Morgan fingerprint density at radius 2 is 2.05 bits per heavy atom. The van der Waals surface area contributed by atoms with Crippen LogP contribution in [0.15, 0.2) is 47.5 Å². The molecule has 1 aromatic carbocycles. The molecule has 0 fully saturated rings. The average Bonchev–Trinajstić information content (AvgIpc) is 2.42. The first-order valence-corrected chi connectivity index (χ1v) is 5.93. The van der Waals surface area contributed by atoms with Gasteiger partial charge >= 0.3 is 5.69 Å². The van der Waals surface area contributed by atoms with E-state index in [2.05, 4.69) is 9.97 Å². The van der Waals surface area contributed by atoms with Crippen LogP contribution in [0.3, 0.4) is 0 Å². The maximum Gasteiger partial charge on any atom is 0.354 e. The normalized spacial score (nSPS) is 10.8. The quantitative estimate of drug-likeness (QED) is 0.735. The molecule has 2 aromatic heterocycles. The van der Waals surface area contributed by atoms with Crippen molar-refractivity contribution in [2.75, 3.05) is 5.73 Å². The first kappa shape index (κ1) is 11.7. The lowest BCUT2D eigenvalue weighted by molar-refractivity contribution is 0.916. The fourth-order valence-corrected chi connectivity index (χ4v) is 1.96. The number of nitrogens with zero attached hydrogens (tertiary/aromatic N) is 3. The van der Waals surface area contributed by atoms with Gasteiger partial charge in [0.05, 0.1) is 22.4 Å². The molecule has 94 valence electrons. The molecule has 0 aliphatic heterocycles. The van der Waals surface area contributed by atoms with Gasteiger partial charge in [0, 0.05) is 11.6 Å². The van der Waals surface area contributed by atoms with Gasteiger partial charge in [0.15, 0.2) is 0 Å². The minimum Gasteiger partial charge on any atom is -0.382 e. The Labute approximate surface area is 113 Å². The standard InChI is InChI=1S/C13H9ClN4O/c14-10-7-18(13(19)17-12(10)15)9-5-8-3-1-2-4-11(8)16-6-9/h1-7H,(H2,15,17,19). The van der Waals surface area contributed by atoms with Crippen molar-refractivity contribution in [3.05, 3.63) is 58.2 Å². The average molecular weight is 273 g/mol. The van der Waals surface area contributed by atoms with E-state index in [9.17, 15) is 4.79 Å². The van der Waals surface area contributed by atoms with Crippen LogP contribution in [0.25, 0.3) is 16.6 Å². The zero-order chi connectivity index (χ0) is 13.4. The maximum atomic E-state index is 11.8. The van der Waals surface area contributed by atoms with Gasteiger partial charge < -0.3 is 5.73 Å². The van der Waals surface area contributed by atoms with E-state index in [-0.39, 0.29) is 10.8 Å². The molecule has 0 atom stereocenters. The molecule has 0 spiro atoms. The van der Waals surface area contributed by atoms with Crippen molar-refractivity contribution >= 4 is 28.3 Å². The summed E-state index contributed by atoms with van der Waals surface area (Å²) in [5.74, 6) is 0.0247. The van der Waals surface area contributed by atoms with Crippen LogP contribution >= 0.6 is 11.6 Å². The number of rotatable bonds is 1. The Bertz CT molecular complexity index is 828. The fraction of sp³-hybridized carbons (Fsp3) is 0. The first-order valence-electron chi connectivity index (χ1n) is 5.55. The van der Waals surface area contributed by atoms with Gasteiger partial charge in [-0.3, -0.25) is 9.55 Å². The maximum absolute atomic E-state index is 11.8. The molecule has 0 bridgehead atoms. The topological polar surface area (TPSA) is 73.8 Å². The second-order valence-electron chi connectivity index (χ2n) is 4.01. The molecule has 0 saturated carbocycles. The highest BCUT2D eigenvalue weighted by atomic mass is 35.5.